The molecule has 2 heterocycles. The van der Waals surface area contributed by atoms with Crippen molar-refractivity contribution < 1.29 is 13.9 Å². The quantitative estimate of drug-likeness (QED) is 0.817. The van der Waals surface area contributed by atoms with Crippen LogP contribution in [0.3, 0.4) is 0 Å². The maximum absolute atomic E-state index is 5.65. The molecule has 1 aliphatic heterocycles. The van der Waals surface area contributed by atoms with Crippen molar-refractivity contribution in [2.45, 2.75) is 44.2 Å². The first-order chi connectivity index (χ1) is 9.80. The third-order valence-electron chi connectivity index (χ3n) is 4.26. The first kappa shape index (κ1) is 14.1. The van der Waals surface area contributed by atoms with E-state index in [9.17, 15) is 0 Å². The van der Waals surface area contributed by atoms with E-state index in [2.05, 4.69) is 16.3 Å². The van der Waals surface area contributed by atoms with E-state index in [1.54, 1.807) is 20.5 Å². The highest BCUT2D eigenvalue weighted by Crippen LogP contribution is 2.22. The van der Waals surface area contributed by atoms with Gasteiger partial charge in [-0.3, -0.25) is 4.90 Å². The van der Waals surface area contributed by atoms with Crippen LogP contribution < -0.4 is 5.32 Å². The SMILES string of the molecule is COC1CN(Cc2occc2CNC2CC2)CC1OC. The molecule has 2 aliphatic rings. The van der Waals surface area contributed by atoms with E-state index < -0.39 is 0 Å². The van der Waals surface area contributed by atoms with Crippen molar-refractivity contribution in [2.24, 2.45) is 0 Å². The van der Waals surface area contributed by atoms with E-state index in [-0.39, 0.29) is 12.2 Å². The molecule has 1 saturated heterocycles. The highest BCUT2D eigenvalue weighted by Gasteiger charge is 2.33. The number of hydrogen-bond donors (Lipinski definition) is 1. The van der Waals surface area contributed by atoms with Crippen LogP contribution in [0.5, 0.6) is 0 Å². The summed E-state index contributed by atoms with van der Waals surface area (Å²) in [6, 6.07) is 2.79. The minimum Gasteiger partial charge on any atom is -0.468 e. The van der Waals surface area contributed by atoms with Gasteiger partial charge in [0.1, 0.15) is 5.76 Å². The average Bonchev–Trinajstić information content (AvgIpc) is 3.05. The summed E-state index contributed by atoms with van der Waals surface area (Å²) in [5, 5.41) is 3.54. The van der Waals surface area contributed by atoms with Crippen LogP contribution in [0.4, 0.5) is 0 Å². The number of ether oxygens (including phenoxy) is 2. The van der Waals surface area contributed by atoms with Gasteiger partial charge in [-0.1, -0.05) is 0 Å². The van der Waals surface area contributed by atoms with Crippen LogP contribution in [0.2, 0.25) is 0 Å². The number of methoxy groups -OCH3 is 2. The molecule has 1 aliphatic carbocycles. The lowest BCUT2D eigenvalue weighted by molar-refractivity contribution is -0.00461. The Hall–Kier alpha value is -0.880. The van der Waals surface area contributed by atoms with Gasteiger partial charge in [-0.2, -0.15) is 0 Å². The van der Waals surface area contributed by atoms with Crippen LogP contribution >= 0.6 is 0 Å². The molecule has 0 bridgehead atoms. The largest absolute Gasteiger partial charge is 0.468 e. The summed E-state index contributed by atoms with van der Waals surface area (Å²) in [5.74, 6) is 1.06. The molecule has 0 aromatic carbocycles. The van der Waals surface area contributed by atoms with Gasteiger partial charge in [0, 0.05) is 45.5 Å². The lowest BCUT2D eigenvalue weighted by Gasteiger charge is -2.14. The normalized spacial score (nSPS) is 27.3. The van der Waals surface area contributed by atoms with E-state index in [0.29, 0.717) is 0 Å². The average molecular weight is 280 g/mol. The number of furan rings is 1. The maximum Gasteiger partial charge on any atom is 0.122 e. The number of nitrogens with zero attached hydrogens (tertiary/aromatic N) is 1. The summed E-state index contributed by atoms with van der Waals surface area (Å²) in [6.45, 7) is 3.52. The van der Waals surface area contributed by atoms with Crippen LogP contribution in [0.1, 0.15) is 24.2 Å². The van der Waals surface area contributed by atoms with E-state index >= 15 is 0 Å². The molecule has 1 aromatic rings. The molecule has 0 spiro atoms. The predicted octanol–water partition coefficient (Wildman–Crippen LogP) is 1.38. The van der Waals surface area contributed by atoms with Gasteiger partial charge in [-0.25, -0.2) is 0 Å². The monoisotopic (exact) mass is 280 g/mol. The van der Waals surface area contributed by atoms with Crippen LogP contribution in [-0.2, 0) is 22.6 Å². The van der Waals surface area contributed by atoms with Crippen molar-refractivity contribution in [3.8, 4) is 0 Å². The van der Waals surface area contributed by atoms with Crippen molar-refractivity contribution in [1.29, 1.82) is 0 Å². The molecular weight excluding hydrogens is 256 g/mol. The van der Waals surface area contributed by atoms with Gasteiger partial charge in [0.05, 0.1) is 25.0 Å². The van der Waals surface area contributed by atoms with Gasteiger partial charge in [-0.05, 0) is 18.9 Å². The molecule has 1 aromatic heterocycles. The first-order valence-electron chi connectivity index (χ1n) is 7.36. The zero-order chi connectivity index (χ0) is 13.9. The van der Waals surface area contributed by atoms with Crippen molar-refractivity contribution in [1.82, 2.24) is 10.2 Å². The van der Waals surface area contributed by atoms with Crippen LogP contribution in [0, 0.1) is 0 Å². The smallest absolute Gasteiger partial charge is 0.122 e. The van der Waals surface area contributed by atoms with E-state index in [1.165, 1.54) is 18.4 Å². The summed E-state index contributed by atoms with van der Waals surface area (Å²) >= 11 is 0. The summed E-state index contributed by atoms with van der Waals surface area (Å²) in [4.78, 5) is 2.34. The zero-order valence-corrected chi connectivity index (χ0v) is 12.3. The Morgan fingerprint density at radius 2 is 1.95 bits per heavy atom. The zero-order valence-electron chi connectivity index (χ0n) is 12.3. The summed E-state index contributed by atoms with van der Waals surface area (Å²) in [7, 11) is 3.50. The van der Waals surface area contributed by atoms with E-state index in [4.69, 9.17) is 13.9 Å². The second-order valence-electron chi connectivity index (χ2n) is 5.77. The lowest BCUT2D eigenvalue weighted by atomic mass is 10.2. The standard InChI is InChI=1S/C15H24N2O3/c1-18-14-9-17(10-15(14)19-2)8-13-11(5-6-20-13)7-16-12-3-4-12/h5-6,12,14-16H,3-4,7-10H2,1-2H3. The van der Waals surface area contributed by atoms with E-state index in [1.807, 2.05) is 0 Å². The van der Waals surface area contributed by atoms with Gasteiger partial charge in [-0.15, -0.1) is 0 Å². The second kappa shape index (κ2) is 6.26. The van der Waals surface area contributed by atoms with Crippen LogP contribution in [0.15, 0.2) is 16.7 Å². The first-order valence-corrected chi connectivity index (χ1v) is 7.36. The molecule has 5 heteroatoms. The number of likely N-dealkylation sites (tertiary alicyclic amines) is 1. The van der Waals surface area contributed by atoms with Gasteiger partial charge in [0.25, 0.3) is 0 Å². The number of rotatable bonds is 7. The molecule has 112 valence electrons. The van der Waals surface area contributed by atoms with Gasteiger partial charge in [0.15, 0.2) is 0 Å². The van der Waals surface area contributed by atoms with Crippen molar-refractivity contribution in [3.05, 3.63) is 23.7 Å². The summed E-state index contributed by atoms with van der Waals surface area (Å²) < 4.78 is 16.6. The molecule has 20 heavy (non-hydrogen) atoms. The Labute approximate surface area is 120 Å². The fourth-order valence-corrected chi connectivity index (χ4v) is 2.81. The second-order valence-corrected chi connectivity index (χ2v) is 5.77. The molecular formula is C15H24N2O3. The van der Waals surface area contributed by atoms with Crippen LogP contribution in [0.25, 0.3) is 0 Å². The van der Waals surface area contributed by atoms with Crippen molar-refractivity contribution in [2.75, 3.05) is 27.3 Å². The van der Waals surface area contributed by atoms with Gasteiger partial charge >= 0.3 is 0 Å². The molecule has 1 N–H and O–H groups in total. The Kier molecular flexibility index (Phi) is 4.41. The fourth-order valence-electron chi connectivity index (χ4n) is 2.81. The Morgan fingerprint density at radius 3 is 2.55 bits per heavy atom. The highest BCUT2D eigenvalue weighted by atomic mass is 16.5. The van der Waals surface area contributed by atoms with Gasteiger partial charge in [0.2, 0.25) is 0 Å². The molecule has 2 fully saturated rings. The summed E-state index contributed by atoms with van der Waals surface area (Å²) in [6.07, 6.45) is 4.72. The third kappa shape index (κ3) is 3.23. The Morgan fingerprint density at radius 1 is 1.25 bits per heavy atom. The molecule has 5 nitrogen and oxygen atoms in total. The Bertz CT molecular complexity index is 419. The molecule has 2 atom stereocenters. The molecule has 0 radical (unpaired) electrons. The van der Waals surface area contributed by atoms with Crippen LogP contribution in [-0.4, -0.2) is 50.5 Å². The van der Waals surface area contributed by atoms with E-state index in [0.717, 1.165) is 38.0 Å². The topological polar surface area (TPSA) is 46.9 Å². The number of nitrogens with one attached hydrogen (secondary N) is 1. The highest BCUT2D eigenvalue weighted by molar-refractivity contribution is 5.17. The van der Waals surface area contributed by atoms with Crippen molar-refractivity contribution in [3.63, 3.8) is 0 Å². The minimum absolute atomic E-state index is 0.156. The minimum atomic E-state index is 0.156. The molecule has 2 unspecified atom stereocenters. The number of hydrogen-bond acceptors (Lipinski definition) is 5. The summed E-state index contributed by atoms with van der Waals surface area (Å²) in [5.41, 5.74) is 1.27. The predicted molar refractivity (Wildman–Crippen MR) is 75.4 cm³/mol. The van der Waals surface area contributed by atoms with Crippen molar-refractivity contribution >= 4 is 0 Å². The maximum atomic E-state index is 5.65. The van der Waals surface area contributed by atoms with Gasteiger partial charge < -0.3 is 19.2 Å². The fraction of sp³-hybridized carbons (Fsp3) is 0.733. The molecule has 0 amide bonds. The Balaban J connectivity index is 1.56. The third-order valence-corrected chi connectivity index (χ3v) is 4.26. The molecule has 1 saturated carbocycles. The lowest BCUT2D eigenvalue weighted by Crippen LogP contribution is -2.27. The molecule has 3 rings (SSSR count).